The monoisotopic (exact) mass is 246 g/mol. The zero-order valence-electron chi connectivity index (χ0n) is 12.0. The van der Waals surface area contributed by atoms with Crippen molar-refractivity contribution in [3.05, 3.63) is 0 Å². The predicted molar refractivity (Wildman–Crippen MR) is 68.9 cm³/mol. The highest BCUT2D eigenvalue weighted by atomic mass is 16.5. The van der Waals surface area contributed by atoms with Crippen LogP contribution in [0.25, 0.3) is 0 Å². The van der Waals surface area contributed by atoms with E-state index in [1.165, 1.54) is 6.92 Å². The highest BCUT2D eigenvalue weighted by Crippen LogP contribution is 1.84. The average Bonchev–Trinajstić information content (AvgIpc) is 2.19. The summed E-state index contributed by atoms with van der Waals surface area (Å²) in [6, 6.07) is 0. The SMILES string of the molecule is CCC(C)=O.CCCC(C)=O.CCOC(C)=O. The molecule has 0 spiro atoms. The zero-order chi connectivity index (χ0) is 14.3. The summed E-state index contributed by atoms with van der Waals surface area (Å²) in [5.41, 5.74) is 0. The molecule has 0 heterocycles. The van der Waals surface area contributed by atoms with E-state index in [-0.39, 0.29) is 17.5 Å². The van der Waals surface area contributed by atoms with E-state index >= 15 is 0 Å². The molecule has 0 aliphatic rings. The smallest absolute Gasteiger partial charge is 0.302 e. The first-order valence-corrected chi connectivity index (χ1v) is 5.93. The highest BCUT2D eigenvalue weighted by molar-refractivity contribution is 5.75. The van der Waals surface area contributed by atoms with Gasteiger partial charge in [0.15, 0.2) is 0 Å². The Morgan fingerprint density at radius 3 is 1.29 bits per heavy atom. The Morgan fingerprint density at radius 2 is 1.29 bits per heavy atom. The molecule has 0 aliphatic carbocycles. The van der Waals surface area contributed by atoms with Crippen molar-refractivity contribution in [1.29, 1.82) is 0 Å². The van der Waals surface area contributed by atoms with E-state index in [4.69, 9.17) is 0 Å². The molecule has 0 N–H and O–H groups in total. The van der Waals surface area contributed by atoms with E-state index < -0.39 is 0 Å². The van der Waals surface area contributed by atoms with Crippen LogP contribution in [0.2, 0.25) is 0 Å². The lowest BCUT2D eigenvalue weighted by atomic mass is 10.3. The van der Waals surface area contributed by atoms with Crippen LogP contribution in [0.4, 0.5) is 0 Å². The standard InChI is InChI=1S/C5H10O.C4H8O2.C4H8O/c1-3-4-5(2)6;1-3-6-4(2)5;1-3-4(2)5/h3-4H2,1-2H3;3H2,1-2H3;3H2,1-2H3. The molecule has 0 aliphatic heterocycles. The van der Waals surface area contributed by atoms with Crippen LogP contribution < -0.4 is 0 Å². The van der Waals surface area contributed by atoms with Crippen LogP contribution in [0.15, 0.2) is 0 Å². The third-order valence-corrected chi connectivity index (χ3v) is 1.45. The van der Waals surface area contributed by atoms with Crippen LogP contribution in [-0.4, -0.2) is 24.1 Å². The van der Waals surface area contributed by atoms with Gasteiger partial charge in [0.1, 0.15) is 11.6 Å². The number of Topliss-reactive ketones (excluding diaryl/α,β-unsaturated/α-hetero) is 2. The Hall–Kier alpha value is -1.19. The molecule has 0 fully saturated rings. The van der Waals surface area contributed by atoms with Crippen LogP contribution in [0.5, 0.6) is 0 Å². The number of ketones is 2. The highest BCUT2D eigenvalue weighted by Gasteiger charge is 1.83. The molecule has 0 atom stereocenters. The molecular formula is C13H26O4. The second-order valence-electron chi connectivity index (χ2n) is 3.43. The fraction of sp³-hybridized carbons (Fsp3) is 0.769. The Labute approximate surface area is 105 Å². The van der Waals surface area contributed by atoms with Crippen LogP contribution in [0, 0.1) is 0 Å². The van der Waals surface area contributed by atoms with Crippen molar-refractivity contribution >= 4 is 17.5 Å². The summed E-state index contributed by atoms with van der Waals surface area (Å²) in [6.07, 6.45) is 2.38. The number of hydrogen-bond donors (Lipinski definition) is 0. The van der Waals surface area contributed by atoms with E-state index in [0.717, 1.165) is 12.8 Å². The largest absolute Gasteiger partial charge is 0.466 e. The van der Waals surface area contributed by atoms with Gasteiger partial charge in [-0.1, -0.05) is 13.8 Å². The molecule has 0 bridgehead atoms. The predicted octanol–water partition coefficient (Wildman–Crippen LogP) is 2.93. The molecule has 102 valence electrons. The van der Waals surface area contributed by atoms with Crippen molar-refractivity contribution in [3.8, 4) is 0 Å². The first-order valence-electron chi connectivity index (χ1n) is 5.93. The number of rotatable bonds is 4. The van der Waals surface area contributed by atoms with Crippen molar-refractivity contribution in [1.82, 2.24) is 0 Å². The first kappa shape index (κ1) is 21.1. The topological polar surface area (TPSA) is 60.4 Å². The normalized spacial score (nSPS) is 7.88. The fourth-order valence-electron chi connectivity index (χ4n) is 0.555. The molecule has 0 saturated heterocycles. The van der Waals surface area contributed by atoms with Gasteiger partial charge in [-0.2, -0.15) is 0 Å². The summed E-state index contributed by atoms with van der Waals surface area (Å²) in [4.78, 5) is 29.7. The fourth-order valence-corrected chi connectivity index (χ4v) is 0.555. The third kappa shape index (κ3) is 52.4. The van der Waals surface area contributed by atoms with Gasteiger partial charge in [-0.15, -0.1) is 0 Å². The maximum absolute atomic E-state index is 10.0. The lowest BCUT2D eigenvalue weighted by Gasteiger charge is -1.89. The number of ether oxygens (including phenoxy) is 1. The molecule has 0 aromatic carbocycles. The van der Waals surface area contributed by atoms with Gasteiger partial charge >= 0.3 is 5.97 Å². The van der Waals surface area contributed by atoms with Crippen LogP contribution in [-0.2, 0) is 19.1 Å². The lowest BCUT2D eigenvalue weighted by molar-refractivity contribution is -0.140. The van der Waals surface area contributed by atoms with Crippen molar-refractivity contribution in [2.24, 2.45) is 0 Å². The molecular weight excluding hydrogens is 220 g/mol. The molecule has 0 aromatic heterocycles. The maximum Gasteiger partial charge on any atom is 0.302 e. The number of esters is 1. The van der Waals surface area contributed by atoms with Gasteiger partial charge in [-0.3, -0.25) is 4.79 Å². The Morgan fingerprint density at radius 1 is 0.882 bits per heavy atom. The Balaban J connectivity index is -0.000000174. The van der Waals surface area contributed by atoms with Gasteiger partial charge in [-0.05, 0) is 27.2 Å². The second kappa shape index (κ2) is 17.2. The molecule has 4 nitrogen and oxygen atoms in total. The molecule has 4 heteroatoms. The van der Waals surface area contributed by atoms with E-state index in [1.807, 2.05) is 13.8 Å². The van der Waals surface area contributed by atoms with Gasteiger partial charge in [0.05, 0.1) is 6.61 Å². The molecule has 0 amide bonds. The molecule has 0 radical (unpaired) electrons. The van der Waals surface area contributed by atoms with E-state index in [2.05, 4.69) is 4.74 Å². The van der Waals surface area contributed by atoms with E-state index in [9.17, 15) is 14.4 Å². The molecule has 0 rings (SSSR count). The number of carbonyl (C=O) groups excluding carboxylic acids is 3. The summed E-state index contributed by atoms with van der Waals surface area (Å²) < 4.78 is 4.40. The molecule has 17 heavy (non-hydrogen) atoms. The Bertz CT molecular complexity index is 193. The minimum absolute atomic E-state index is 0.211. The summed E-state index contributed by atoms with van der Waals surface area (Å²) in [7, 11) is 0. The summed E-state index contributed by atoms with van der Waals surface area (Å²) in [5.74, 6) is 0.333. The van der Waals surface area contributed by atoms with Gasteiger partial charge in [0.2, 0.25) is 0 Å². The minimum Gasteiger partial charge on any atom is -0.466 e. The lowest BCUT2D eigenvalue weighted by Crippen LogP contribution is -1.95. The maximum atomic E-state index is 10.0. The van der Waals surface area contributed by atoms with Crippen LogP contribution in [0.3, 0.4) is 0 Å². The number of carbonyl (C=O) groups is 3. The van der Waals surface area contributed by atoms with Crippen molar-refractivity contribution < 1.29 is 19.1 Å². The number of hydrogen-bond acceptors (Lipinski definition) is 4. The third-order valence-electron chi connectivity index (χ3n) is 1.45. The first-order chi connectivity index (χ1) is 7.81. The quantitative estimate of drug-likeness (QED) is 0.715. The zero-order valence-corrected chi connectivity index (χ0v) is 12.0. The van der Waals surface area contributed by atoms with Crippen molar-refractivity contribution in [3.63, 3.8) is 0 Å². The van der Waals surface area contributed by atoms with Crippen molar-refractivity contribution in [2.75, 3.05) is 6.61 Å². The van der Waals surface area contributed by atoms with Crippen LogP contribution in [0.1, 0.15) is 60.8 Å². The van der Waals surface area contributed by atoms with Gasteiger partial charge in [0, 0.05) is 19.8 Å². The van der Waals surface area contributed by atoms with Crippen LogP contribution >= 0.6 is 0 Å². The van der Waals surface area contributed by atoms with Gasteiger partial charge in [-0.25, -0.2) is 0 Å². The summed E-state index contributed by atoms with van der Waals surface area (Å²) in [6.45, 7) is 10.7. The molecule has 0 saturated carbocycles. The van der Waals surface area contributed by atoms with Crippen molar-refractivity contribution in [2.45, 2.75) is 60.8 Å². The summed E-state index contributed by atoms with van der Waals surface area (Å²) in [5, 5.41) is 0. The van der Waals surface area contributed by atoms with E-state index in [0.29, 0.717) is 13.0 Å². The minimum atomic E-state index is -0.211. The molecule has 0 aromatic rings. The average molecular weight is 246 g/mol. The Kier molecular flexibility index (Phi) is 21.4. The summed E-state index contributed by atoms with van der Waals surface area (Å²) >= 11 is 0. The van der Waals surface area contributed by atoms with Gasteiger partial charge < -0.3 is 14.3 Å². The molecule has 0 unspecified atom stereocenters. The second-order valence-corrected chi connectivity index (χ2v) is 3.43. The van der Waals surface area contributed by atoms with E-state index in [1.54, 1.807) is 20.8 Å². The van der Waals surface area contributed by atoms with Gasteiger partial charge in [0.25, 0.3) is 0 Å².